The molecule has 1 aromatic rings. The van der Waals surface area contributed by atoms with Crippen LogP contribution in [0.15, 0.2) is 11.4 Å². The summed E-state index contributed by atoms with van der Waals surface area (Å²) in [5, 5.41) is 16.1. The number of likely N-dealkylation sites (tertiary alicyclic amines) is 1. The minimum absolute atomic E-state index is 0.230. The third-order valence-electron chi connectivity index (χ3n) is 3.74. The van der Waals surface area contributed by atoms with Crippen molar-refractivity contribution in [2.24, 2.45) is 5.92 Å². The van der Waals surface area contributed by atoms with E-state index in [2.05, 4.69) is 17.1 Å². The molecule has 5 nitrogen and oxygen atoms in total. The van der Waals surface area contributed by atoms with Gasteiger partial charge in [0.2, 0.25) is 0 Å². The van der Waals surface area contributed by atoms with E-state index in [9.17, 15) is 10.1 Å². The summed E-state index contributed by atoms with van der Waals surface area (Å²) in [5.41, 5.74) is 1.02. The SMILES string of the molecule is CCN1CCC(CNCc2csc([N+](=O)[O-])c2)CC1. The summed E-state index contributed by atoms with van der Waals surface area (Å²) in [7, 11) is 0. The molecule has 2 heterocycles. The fourth-order valence-electron chi connectivity index (χ4n) is 2.48. The molecule has 0 aromatic carbocycles. The zero-order valence-electron chi connectivity index (χ0n) is 11.3. The topological polar surface area (TPSA) is 58.4 Å². The molecule has 0 spiro atoms. The molecule has 1 N–H and O–H groups in total. The van der Waals surface area contributed by atoms with E-state index < -0.39 is 0 Å². The fraction of sp³-hybridized carbons (Fsp3) is 0.692. The van der Waals surface area contributed by atoms with Crippen LogP contribution >= 0.6 is 11.3 Å². The molecule has 0 atom stereocenters. The Morgan fingerprint density at radius 1 is 1.53 bits per heavy atom. The Hall–Kier alpha value is -0.980. The van der Waals surface area contributed by atoms with Gasteiger partial charge in [0.25, 0.3) is 0 Å². The molecule has 0 bridgehead atoms. The monoisotopic (exact) mass is 283 g/mol. The number of nitro groups is 1. The van der Waals surface area contributed by atoms with Crippen LogP contribution in [0, 0.1) is 16.0 Å². The number of nitrogens with zero attached hydrogens (tertiary/aromatic N) is 2. The standard InChI is InChI=1S/C13H21N3O2S/c1-2-15-5-3-11(4-6-15)8-14-9-12-7-13(16(17)18)19-10-12/h7,10-11,14H,2-6,8-9H2,1H3. The predicted molar refractivity (Wildman–Crippen MR) is 77.5 cm³/mol. The van der Waals surface area contributed by atoms with Crippen molar-refractivity contribution in [3.05, 3.63) is 27.1 Å². The third kappa shape index (κ3) is 4.26. The zero-order chi connectivity index (χ0) is 13.7. The molecule has 1 saturated heterocycles. The second-order valence-electron chi connectivity index (χ2n) is 5.06. The van der Waals surface area contributed by atoms with Crippen LogP contribution in [-0.4, -0.2) is 36.0 Å². The van der Waals surface area contributed by atoms with Crippen LogP contribution in [0.3, 0.4) is 0 Å². The Kier molecular flexibility index (Phi) is 5.30. The Balaban J connectivity index is 1.67. The molecule has 0 amide bonds. The van der Waals surface area contributed by atoms with Crippen molar-refractivity contribution >= 4 is 16.3 Å². The molecule has 1 fully saturated rings. The van der Waals surface area contributed by atoms with Crippen LogP contribution in [0.4, 0.5) is 5.00 Å². The highest BCUT2D eigenvalue weighted by Gasteiger charge is 2.17. The van der Waals surface area contributed by atoms with Crippen molar-refractivity contribution < 1.29 is 4.92 Å². The number of thiophene rings is 1. The number of nitrogens with one attached hydrogen (secondary N) is 1. The number of hydrogen-bond acceptors (Lipinski definition) is 5. The van der Waals surface area contributed by atoms with Gasteiger partial charge in [-0.25, -0.2) is 0 Å². The largest absolute Gasteiger partial charge is 0.324 e. The van der Waals surface area contributed by atoms with E-state index in [1.54, 1.807) is 6.07 Å². The third-order valence-corrected chi connectivity index (χ3v) is 4.67. The number of rotatable bonds is 6. The van der Waals surface area contributed by atoms with Gasteiger partial charge in [-0.1, -0.05) is 18.3 Å². The maximum Gasteiger partial charge on any atom is 0.324 e. The van der Waals surface area contributed by atoms with Gasteiger partial charge in [-0.3, -0.25) is 10.1 Å². The second-order valence-corrected chi connectivity index (χ2v) is 5.95. The summed E-state index contributed by atoms with van der Waals surface area (Å²) in [4.78, 5) is 12.7. The van der Waals surface area contributed by atoms with Gasteiger partial charge in [0, 0.05) is 18.0 Å². The van der Waals surface area contributed by atoms with Gasteiger partial charge in [0.1, 0.15) is 0 Å². The molecule has 2 rings (SSSR count). The first kappa shape index (κ1) is 14.4. The van der Waals surface area contributed by atoms with E-state index in [1.165, 1.54) is 37.3 Å². The van der Waals surface area contributed by atoms with Gasteiger partial charge in [-0.15, -0.1) is 0 Å². The Bertz CT molecular complexity index is 414. The first-order chi connectivity index (χ1) is 9.19. The summed E-state index contributed by atoms with van der Waals surface area (Å²) in [6.07, 6.45) is 2.51. The maximum atomic E-state index is 10.6. The first-order valence-corrected chi connectivity index (χ1v) is 7.72. The van der Waals surface area contributed by atoms with Crippen LogP contribution < -0.4 is 5.32 Å². The van der Waals surface area contributed by atoms with Crippen molar-refractivity contribution in [1.29, 1.82) is 0 Å². The van der Waals surface area contributed by atoms with Crippen molar-refractivity contribution in [3.63, 3.8) is 0 Å². The van der Waals surface area contributed by atoms with Crippen LogP contribution in [0.2, 0.25) is 0 Å². The summed E-state index contributed by atoms with van der Waals surface area (Å²) >= 11 is 1.20. The highest BCUT2D eigenvalue weighted by Crippen LogP contribution is 2.22. The van der Waals surface area contributed by atoms with Gasteiger partial charge in [-0.2, -0.15) is 0 Å². The Labute approximate surface area is 117 Å². The average Bonchev–Trinajstić information content (AvgIpc) is 2.89. The van der Waals surface area contributed by atoms with Gasteiger partial charge in [-0.05, 0) is 50.5 Å². The minimum Gasteiger partial charge on any atom is -0.312 e. The lowest BCUT2D eigenvalue weighted by Crippen LogP contribution is -2.36. The normalized spacial score (nSPS) is 17.7. The van der Waals surface area contributed by atoms with E-state index in [4.69, 9.17) is 0 Å². The smallest absolute Gasteiger partial charge is 0.312 e. The number of hydrogen-bond donors (Lipinski definition) is 1. The Morgan fingerprint density at radius 2 is 2.26 bits per heavy atom. The van der Waals surface area contributed by atoms with Gasteiger partial charge in [0.15, 0.2) is 0 Å². The number of piperidine rings is 1. The van der Waals surface area contributed by atoms with Gasteiger partial charge < -0.3 is 10.2 Å². The summed E-state index contributed by atoms with van der Waals surface area (Å²) in [6, 6.07) is 1.66. The molecule has 6 heteroatoms. The molecule has 0 radical (unpaired) electrons. The van der Waals surface area contributed by atoms with Crippen LogP contribution in [0.1, 0.15) is 25.3 Å². The minimum atomic E-state index is -0.325. The van der Waals surface area contributed by atoms with E-state index in [-0.39, 0.29) is 9.92 Å². The van der Waals surface area contributed by atoms with Crippen molar-refractivity contribution in [2.45, 2.75) is 26.3 Å². The Morgan fingerprint density at radius 3 is 2.84 bits per heavy atom. The molecule has 1 aliphatic heterocycles. The predicted octanol–water partition coefficient (Wildman–Crippen LogP) is 2.48. The van der Waals surface area contributed by atoms with Crippen molar-refractivity contribution in [2.75, 3.05) is 26.2 Å². The van der Waals surface area contributed by atoms with Crippen molar-refractivity contribution in [3.8, 4) is 0 Å². The molecular formula is C13H21N3O2S. The van der Waals surface area contributed by atoms with Crippen molar-refractivity contribution in [1.82, 2.24) is 10.2 Å². The molecule has 1 aromatic heterocycles. The summed E-state index contributed by atoms with van der Waals surface area (Å²) in [5.74, 6) is 0.747. The van der Waals surface area contributed by atoms with Gasteiger partial charge in [0.05, 0.1) is 4.92 Å². The van der Waals surface area contributed by atoms with Crippen LogP contribution in [0.5, 0.6) is 0 Å². The fourth-order valence-corrected chi connectivity index (χ4v) is 3.21. The highest BCUT2D eigenvalue weighted by atomic mass is 32.1. The van der Waals surface area contributed by atoms with E-state index in [0.717, 1.165) is 31.1 Å². The zero-order valence-corrected chi connectivity index (χ0v) is 12.1. The molecule has 0 aliphatic carbocycles. The average molecular weight is 283 g/mol. The first-order valence-electron chi connectivity index (χ1n) is 6.84. The van der Waals surface area contributed by atoms with Crippen LogP contribution in [0.25, 0.3) is 0 Å². The maximum absolute atomic E-state index is 10.6. The lowest BCUT2D eigenvalue weighted by Gasteiger charge is -2.31. The molecule has 0 saturated carbocycles. The molecule has 19 heavy (non-hydrogen) atoms. The molecule has 1 aliphatic rings. The van der Waals surface area contributed by atoms with E-state index in [0.29, 0.717) is 0 Å². The quantitative estimate of drug-likeness (QED) is 0.643. The molecule has 106 valence electrons. The van der Waals surface area contributed by atoms with E-state index >= 15 is 0 Å². The second kappa shape index (κ2) is 6.98. The lowest BCUT2D eigenvalue weighted by atomic mass is 9.97. The lowest BCUT2D eigenvalue weighted by molar-refractivity contribution is -0.380. The molecule has 0 unspecified atom stereocenters. The highest BCUT2D eigenvalue weighted by molar-refractivity contribution is 7.13. The summed E-state index contributed by atoms with van der Waals surface area (Å²) in [6.45, 7) is 7.51. The van der Waals surface area contributed by atoms with Gasteiger partial charge >= 0.3 is 5.00 Å². The van der Waals surface area contributed by atoms with E-state index in [1.807, 2.05) is 5.38 Å². The molecular weight excluding hydrogens is 262 g/mol. The van der Waals surface area contributed by atoms with Crippen LogP contribution in [-0.2, 0) is 6.54 Å². The summed E-state index contributed by atoms with van der Waals surface area (Å²) < 4.78 is 0.